The van der Waals surface area contributed by atoms with Crippen LogP contribution in [-0.4, -0.2) is 0 Å². The minimum absolute atomic E-state index is 0.593. The van der Waals surface area contributed by atoms with Crippen molar-refractivity contribution >= 4 is 0 Å². The Balaban J connectivity index is 2.27. The predicted molar refractivity (Wildman–Crippen MR) is 79.9 cm³/mol. The van der Waals surface area contributed by atoms with Crippen LogP contribution in [0.5, 0.6) is 0 Å². The van der Waals surface area contributed by atoms with Gasteiger partial charge in [-0.2, -0.15) is 0 Å². The van der Waals surface area contributed by atoms with Crippen LogP contribution < -0.4 is 0 Å². The van der Waals surface area contributed by atoms with E-state index in [0.717, 1.165) is 5.92 Å². The van der Waals surface area contributed by atoms with Crippen molar-refractivity contribution in [3.8, 4) is 0 Å². The average molecular weight is 244 g/mol. The van der Waals surface area contributed by atoms with Gasteiger partial charge in [-0.05, 0) is 42.6 Å². The molecule has 0 spiro atoms. The van der Waals surface area contributed by atoms with Crippen molar-refractivity contribution in [1.29, 1.82) is 0 Å². The van der Waals surface area contributed by atoms with E-state index in [0.29, 0.717) is 5.41 Å². The minimum Gasteiger partial charge on any atom is -0.0654 e. The topological polar surface area (TPSA) is 0 Å². The SMILES string of the molecule is CCCC(c1ccccc1)C1(CC)CCCCC1. The van der Waals surface area contributed by atoms with Crippen molar-refractivity contribution in [2.75, 3.05) is 0 Å². The second-order valence-electron chi connectivity index (χ2n) is 6.03. The third kappa shape index (κ3) is 2.79. The number of rotatable bonds is 5. The smallest absolute Gasteiger partial charge is 0.0106 e. The van der Waals surface area contributed by atoms with Gasteiger partial charge in [0, 0.05) is 0 Å². The molecule has 0 aliphatic heterocycles. The Hall–Kier alpha value is -0.780. The first kappa shape index (κ1) is 13.6. The lowest BCUT2D eigenvalue weighted by Gasteiger charge is -2.44. The summed E-state index contributed by atoms with van der Waals surface area (Å²) in [6.45, 7) is 4.75. The van der Waals surface area contributed by atoms with Gasteiger partial charge in [0.1, 0.15) is 0 Å². The molecule has 1 saturated carbocycles. The van der Waals surface area contributed by atoms with Crippen LogP contribution in [0.25, 0.3) is 0 Å². The molecule has 0 heterocycles. The molecular formula is C18H28. The molecule has 18 heavy (non-hydrogen) atoms. The molecule has 1 aromatic rings. The lowest BCUT2D eigenvalue weighted by atomic mass is 9.61. The quantitative estimate of drug-likeness (QED) is 0.602. The first-order chi connectivity index (χ1) is 8.82. The Bertz CT molecular complexity index is 332. The van der Waals surface area contributed by atoms with Gasteiger partial charge in [0.2, 0.25) is 0 Å². The average Bonchev–Trinajstić information content (AvgIpc) is 2.46. The summed E-state index contributed by atoms with van der Waals surface area (Å²) in [6, 6.07) is 11.3. The van der Waals surface area contributed by atoms with E-state index in [4.69, 9.17) is 0 Å². The van der Waals surface area contributed by atoms with Crippen LogP contribution in [0.3, 0.4) is 0 Å². The summed E-state index contributed by atoms with van der Waals surface area (Å²) in [4.78, 5) is 0. The first-order valence-corrected chi connectivity index (χ1v) is 7.87. The predicted octanol–water partition coefficient (Wildman–Crippen LogP) is 5.93. The largest absolute Gasteiger partial charge is 0.0654 e. The van der Waals surface area contributed by atoms with Crippen LogP contribution in [0, 0.1) is 5.41 Å². The van der Waals surface area contributed by atoms with E-state index >= 15 is 0 Å². The van der Waals surface area contributed by atoms with E-state index in [1.54, 1.807) is 5.56 Å². The highest BCUT2D eigenvalue weighted by Gasteiger charge is 2.38. The van der Waals surface area contributed by atoms with Gasteiger partial charge in [-0.15, -0.1) is 0 Å². The van der Waals surface area contributed by atoms with Crippen molar-refractivity contribution in [2.24, 2.45) is 5.41 Å². The van der Waals surface area contributed by atoms with Crippen LogP contribution in [0.1, 0.15) is 76.7 Å². The first-order valence-electron chi connectivity index (χ1n) is 7.87. The lowest BCUT2D eigenvalue weighted by molar-refractivity contribution is 0.129. The minimum atomic E-state index is 0.593. The highest BCUT2D eigenvalue weighted by molar-refractivity contribution is 5.22. The molecule has 1 atom stereocenters. The molecule has 1 fully saturated rings. The Morgan fingerprint density at radius 2 is 1.67 bits per heavy atom. The molecular weight excluding hydrogens is 216 g/mol. The van der Waals surface area contributed by atoms with Crippen molar-refractivity contribution in [2.45, 2.75) is 71.1 Å². The van der Waals surface area contributed by atoms with Crippen LogP contribution in [0.2, 0.25) is 0 Å². The second-order valence-corrected chi connectivity index (χ2v) is 6.03. The zero-order valence-corrected chi connectivity index (χ0v) is 12.1. The van der Waals surface area contributed by atoms with E-state index in [9.17, 15) is 0 Å². The highest BCUT2D eigenvalue weighted by atomic mass is 14.4. The monoisotopic (exact) mass is 244 g/mol. The summed E-state index contributed by atoms with van der Waals surface area (Å²) in [5.74, 6) is 0.786. The summed E-state index contributed by atoms with van der Waals surface area (Å²) >= 11 is 0. The Morgan fingerprint density at radius 3 is 2.22 bits per heavy atom. The van der Waals surface area contributed by atoms with Crippen molar-refractivity contribution in [1.82, 2.24) is 0 Å². The van der Waals surface area contributed by atoms with Crippen LogP contribution in [-0.2, 0) is 0 Å². The molecule has 0 bridgehead atoms. The zero-order chi connectivity index (χ0) is 12.8. The molecule has 100 valence electrons. The molecule has 1 aliphatic carbocycles. The van der Waals surface area contributed by atoms with E-state index in [1.165, 1.54) is 51.4 Å². The molecule has 0 amide bonds. The molecule has 1 unspecified atom stereocenters. The maximum atomic E-state index is 2.41. The summed E-state index contributed by atoms with van der Waals surface area (Å²) in [5, 5.41) is 0. The highest BCUT2D eigenvalue weighted by Crippen LogP contribution is 2.51. The lowest BCUT2D eigenvalue weighted by Crippen LogP contribution is -2.31. The van der Waals surface area contributed by atoms with Crippen LogP contribution in [0.4, 0.5) is 0 Å². The molecule has 0 radical (unpaired) electrons. The molecule has 1 aliphatic rings. The van der Waals surface area contributed by atoms with Gasteiger partial charge in [0.15, 0.2) is 0 Å². The fourth-order valence-electron chi connectivity index (χ4n) is 4.00. The molecule has 2 rings (SSSR count). The Labute approximate surface area is 113 Å². The molecule has 0 saturated heterocycles. The fourth-order valence-corrected chi connectivity index (χ4v) is 4.00. The molecule has 0 heteroatoms. The van der Waals surface area contributed by atoms with E-state index in [1.807, 2.05) is 0 Å². The second kappa shape index (κ2) is 6.41. The molecule has 0 aromatic heterocycles. The van der Waals surface area contributed by atoms with E-state index in [-0.39, 0.29) is 0 Å². The van der Waals surface area contributed by atoms with Gasteiger partial charge in [0.05, 0.1) is 0 Å². The van der Waals surface area contributed by atoms with Crippen LogP contribution in [0.15, 0.2) is 30.3 Å². The van der Waals surface area contributed by atoms with Gasteiger partial charge in [0.25, 0.3) is 0 Å². The van der Waals surface area contributed by atoms with Gasteiger partial charge in [-0.3, -0.25) is 0 Å². The molecule has 0 nitrogen and oxygen atoms in total. The van der Waals surface area contributed by atoms with E-state index < -0.39 is 0 Å². The molecule has 1 aromatic carbocycles. The summed E-state index contributed by atoms with van der Waals surface area (Å²) < 4.78 is 0. The van der Waals surface area contributed by atoms with Gasteiger partial charge in [-0.1, -0.05) is 69.9 Å². The van der Waals surface area contributed by atoms with Crippen LogP contribution >= 0.6 is 0 Å². The van der Waals surface area contributed by atoms with Crippen molar-refractivity contribution < 1.29 is 0 Å². The summed E-state index contributed by atoms with van der Waals surface area (Å²) in [6.07, 6.45) is 11.3. The fraction of sp³-hybridized carbons (Fsp3) is 0.667. The summed E-state index contributed by atoms with van der Waals surface area (Å²) in [5.41, 5.74) is 2.18. The zero-order valence-electron chi connectivity index (χ0n) is 12.1. The number of benzene rings is 1. The van der Waals surface area contributed by atoms with E-state index in [2.05, 4.69) is 44.2 Å². The third-order valence-electron chi connectivity index (χ3n) is 5.07. The van der Waals surface area contributed by atoms with Gasteiger partial charge in [-0.25, -0.2) is 0 Å². The summed E-state index contributed by atoms with van der Waals surface area (Å²) in [7, 11) is 0. The Morgan fingerprint density at radius 1 is 1.00 bits per heavy atom. The maximum absolute atomic E-state index is 2.41. The molecule has 0 N–H and O–H groups in total. The standard InChI is InChI=1S/C18H28/c1-3-11-17(16-12-7-5-8-13-16)18(4-2)14-9-6-10-15-18/h5,7-8,12-13,17H,3-4,6,9-11,14-15H2,1-2H3. The van der Waals surface area contributed by atoms with Gasteiger partial charge >= 0.3 is 0 Å². The third-order valence-corrected chi connectivity index (χ3v) is 5.07. The Kier molecular flexibility index (Phi) is 4.86. The van der Waals surface area contributed by atoms with Crippen molar-refractivity contribution in [3.05, 3.63) is 35.9 Å². The number of hydrogen-bond acceptors (Lipinski definition) is 0. The maximum Gasteiger partial charge on any atom is -0.0106 e. The van der Waals surface area contributed by atoms with Crippen molar-refractivity contribution in [3.63, 3.8) is 0 Å². The van der Waals surface area contributed by atoms with Gasteiger partial charge < -0.3 is 0 Å². The number of hydrogen-bond donors (Lipinski definition) is 0. The normalized spacial score (nSPS) is 20.6.